The number of halogens is 3. The van der Waals surface area contributed by atoms with Gasteiger partial charge in [0.15, 0.2) is 0 Å². The van der Waals surface area contributed by atoms with Gasteiger partial charge in [0.2, 0.25) is 5.91 Å². The maximum atomic E-state index is 12.1. The molecule has 1 aliphatic heterocycles. The number of hydrogen-bond acceptors (Lipinski definition) is 3. The highest BCUT2D eigenvalue weighted by Gasteiger charge is 2.20. The lowest BCUT2D eigenvalue weighted by Gasteiger charge is -2.32. The molecule has 4 nitrogen and oxygen atoms in total. The van der Waals surface area contributed by atoms with Crippen molar-refractivity contribution in [3.8, 4) is 0 Å². The molecule has 0 saturated carbocycles. The summed E-state index contributed by atoms with van der Waals surface area (Å²) >= 11 is 6.25. The second-order valence-electron chi connectivity index (χ2n) is 7.03. The van der Waals surface area contributed by atoms with E-state index in [1.165, 1.54) is 5.56 Å². The van der Waals surface area contributed by atoms with Gasteiger partial charge in [-0.2, -0.15) is 0 Å². The molecule has 3 N–H and O–H groups in total. The zero-order chi connectivity index (χ0) is 18.4. The number of nitrogens with zero attached hydrogens (tertiary/aromatic N) is 1. The molecule has 28 heavy (non-hydrogen) atoms. The van der Waals surface area contributed by atoms with Gasteiger partial charge < -0.3 is 11.1 Å². The van der Waals surface area contributed by atoms with Crippen LogP contribution in [0.5, 0.6) is 0 Å². The average Bonchev–Trinajstić information content (AvgIpc) is 2.65. The minimum absolute atomic E-state index is 0. The van der Waals surface area contributed by atoms with E-state index < -0.39 is 0 Å². The van der Waals surface area contributed by atoms with Crippen LogP contribution in [-0.2, 0) is 17.8 Å². The first kappa shape index (κ1) is 24.6. The van der Waals surface area contributed by atoms with E-state index in [1.807, 2.05) is 42.5 Å². The SMILES string of the molecule is Cl.Cl.Nc1ccc(CC(=O)NCC2CCN(Cc3ccccc3Cl)CC2)cc1. The topological polar surface area (TPSA) is 58.4 Å². The fraction of sp³-hybridized carbons (Fsp3) is 0.381. The third-order valence-corrected chi connectivity index (χ3v) is 5.36. The first-order valence-electron chi connectivity index (χ1n) is 9.17. The largest absolute Gasteiger partial charge is 0.399 e. The Hall–Kier alpha value is -1.46. The van der Waals surface area contributed by atoms with Crippen LogP contribution in [0.3, 0.4) is 0 Å². The molecular weight excluding hydrogens is 417 g/mol. The van der Waals surface area contributed by atoms with Crippen molar-refractivity contribution in [2.75, 3.05) is 25.4 Å². The predicted molar refractivity (Wildman–Crippen MR) is 122 cm³/mol. The smallest absolute Gasteiger partial charge is 0.224 e. The van der Waals surface area contributed by atoms with E-state index in [4.69, 9.17) is 17.3 Å². The van der Waals surface area contributed by atoms with E-state index in [0.717, 1.165) is 55.3 Å². The summed E-state index contributed by atoms with van der Waals surface area (Å²) in [4.78, 5) is 14.6. The number of amides is 1. The molecule has 1 heterocycles. The predicted octanol–water partition coefficient (Wildman–Crippen LogP) is 4.34. The van der Waals surface area contributed by atoms with Gasteiger partial charge in [0.25, 0.3) is 0 Å². The maximum Gasteiger partial charge on any atom is 0.224 e. The molecule has 2 aromatic carbocycles. The highest BCUT2D eigenvalue weighted by molar-refractivity contribution is 6.31. The van der Waals surface area contributed by atoms with E-state index in [-0.39, 0.29) is 30.7 Å². The van der Waals surface area contributed by atoms with E-state index in [9.17, 15) is 4.79 Å². The number of carbonyl (C=O) groups is 1. The zero-order valence-corrected chi connectivity index (χ0v) is 18.2. The van der Waals surface area contributed by atoms with E-state index in [0.29, 0.717) is 12.3 Å². The first-order chi connectivity index (χ1) is 12.6. The van der Waals surface area contributed by atoms with Gasteiger partial charge in [-0.25, -0.2) is 0 Å². The molecule has 1 fully saturated rings. The second kappa shape index (κ2) is 12.2. The number of hydrogen-bond donors (Lipinski definition) is 2. The number of benzene rings is 2. The van der Waals surface area contributed by atoms with Gasteiger partial charge in [0, 0.05) is 23.8 Å². The third kappa shape index (κ3) is 7.51. The first-order valence-corrected chi connectivity index (χ1v) is 9.55. The number of piperidine rings is 1. The molecular formula is C21H28Cl3N3O. The van der Waals surface area contributed by atoms with Crippen LogP contribution >= 0.6 is 36.4 Å². The number of carbonyl (C=O) groups excluding carboxylic acids is 1. The maximum absolute atomic E-state index is 12.1. The van der Waals surface area contributed by atoms with Gasteiger partial charge in [0.05, 0.1) is 6.42 Å². The minimum Gasteiger partial charge on any atom is -0.399 e. The number of likely N-dealkylation sites (tertiary alicyclic amines) is 1. The van der Waals surface area contributed by atoms with Gasteiger partial charge in [0.1, 0.15) is 0 Å². The monoisotopic (exact) mass is 443 g/mol. The normalized spacial score (nSPS) is 14.6. The highest BCUT2D eigenvalue weighted by atomic mass is 35.5. The summed E-state index contributed by atoms with van der Waals surface area (Å²) in [7, 11) is 0. The lowest BCUT2D eigenvalue weighted by molar-refractivity contribution is -0.120. The molecule has 0 atom stereocenters. The Bertz CT molecular complexity index is 732. The summed E-state index contributed by atoms with van der Waals surface area (Å²) in [5.74, 6) is 0.626. The standard InChI is InChI=1S/C21H26ClN3O.2ClH/c22-20-4-2-1-3-18(20)15-25-11-9-17(10-12-25)14-24-21(26)13-16-5-7-19(23)8-6-16;;/h1-8,17H,9-15,23H2,(H,24,26);2*1H. The summed E-state index contributed by atoms with van der Waals surface area (Å²) in [6.07, 6.45) is 2.62. The Kier molecular flexibility index (Phi) is 10.7. The summed E-state index contributed by atoms with van der Waals surface area (Å²) in [5.41, 5.74) is 8.57. The zero-order valence-electron chi connectivity index (χ0n) is 15.8. The molecule has 3 rings (SSSR count). The van der Waals surface area contributed by atoms with Crippen molar-refractivity contribution in [2.45, 2.75) is 25.8 Å². The fourth-order valence-electron chi connectivity index (χ4n) is 3.36. The molecule has 0 bridgehead atoms. The van der Waals surface area contributed by atoms with Crippen molar-refractivity contribution in [2.24, 2.45) is 5.92 Å². The van der Waals surface area contributed by atoms with E-state index >= 15 is 0 Å². The number of nitrogens with one attached hydrogen (secondary N) is 1. The van der Waals surface area contributed by atoms with Gasteiger partial charge in [-0.3, -0.25) is 9.69 Å². The Morgan fingerprint density at radius 2 is 1.71 bits per heavy atom. The number of nitrogen functional groups attached to an aromatic ring is 1. The lowest BCUT2D eigenvalue weighted by atomic mass is 9.96. The number of anilines is 1. The summed E-state index contributed by atoms with van der Waals surface area (Å²) in [6.45, 7) is 3.75. The van der Waals surface area contributed by atoms with Gasteiger partial charge in [-0.1, -0.05) is 41.9 Å². The lowest BCUT2D eigenvalue weighted by Crippen LogP contribution is -2.38. The van der Waals surface area contributed by atoms with Crippen LogP contribution in [0.15, 0.2) is 48.5 Å². The molecule has 0 aliphatic carbocycles. The molecule has 2 aromatic rings. The van der Waals surface area contributed by atoms with Gasteiger partial charge in [-0.15, -0.1) is 24.8 Å². The minimum atomic E-state index is 0. The Morgan fingerprint density at radius 1 is 1.07 bits per heavy atom. The van der Waals surface area contributed by atoms with Crippen LogP contribution in [0.25, 0.3) is 0 Å². The summed E-state index contributed by atoms with van der Waals surface area (Å²) in [6, 6.07) is 15.5. The molecule has 1 aliphatic rings. The average molecular weight is 445 g/mol. The molecule has 0 radical (unpaired) electrons. The van der Waals surface area contributed by atoms with E-state index in [2.05, 4.69) is 16.3 Å². The van der Waals surface area contributed by atoms with Crippen molar-refractivity contribution in [3.63, 3.8) is 0 Å². The van der Waals surface area contributed by atoms with Crippen LogP contribution in [0.4, 0.5) is 5.69 Å². The van der Waals surface area contributed by atoms with Crippen molar-refractivity contribution in [1.82, 2.24) is 10.2 Å². The van der Waals surface area contributed by atoms with Crippen molar-refractivity contribution in [1.29, 1.82) is 0 Å². The van der Waals surface area contributed by atoms with Gasteiger partial charge >= 0.3 is 0 Å². The van der Waals surface area contributed by atoms with E-state index in [1.54, 1.807) is 0 Å². The Labute approximate surface area is 184 Å². The van der Waals surface area contributed by atoms with Crippen LogP contribution in [0, 0.1) is 5.92 Å². The molecule has 0 aromatic heterocycles. The highest BCUT2D eigenvalue weighted by Crippen LogP contribution is 2.22. The summed E-state index contributed by atoms with van der Waals surface area (Å²) < 4.78 is 0. The fourth-order valence-corrected chi connectivity index (χ4v) is 3.55. The van der Waals surface area contributed by atoms with Gasteiger partial charge in [-0.05, 0) is 61.2 Å². The Morgan fingerprint density at radius 3 is 2.36 bits per heavy atom. The molecule has 0 unspecified atom stereocenters. The number of rotatable bonds is 6. The van der Waals surface area contributed by atoms with Crippen molar-refractivity contribution >= 4 is 48.0 Å². The number of nitrogens with two attached hydrogens (primary N) is 1. The molecule has 7 heteroatoms. The third-order valence-electron chi connectivity index (χ3n) is 4.99. The molecule has 154 valence electrons. The second-order valence-corrected chi connectivity index (χ2v) is 7.44. The van der Waals surface area contributed by atoms with Crippen LogP contribution in [0.1, 0.15) is 24.0 Å². The van der Waals surface area contributed by atoms with Crippen molar-refractivity contribution < 1.29 is 4.79 Å². The molecule has 1 amide bonds. The Balaban J connectivity index is 0.00000196. The van der Waals surface area contributed by atoms with Crippen LogP contribution in [-0.4, -0.2) is 30.4 Å². The van der Waals surface area contributed by atoms with Crippen molar-refractivity contribution in [3.05, 3.63) is 64.7 Å². The molecule has 0 spiro atoms. The van der Waals surface area contributed by atoms with Crippen LogP contribution < -0.4 is 11.1 Å². The quantitative estimate of drug-likeness (QED) is 0.652. The summed E-state index contributed by atoms with van der Waals surface area (Å²) in [5, 5.41) is 3.92. The van der Waals surface area contributed by atoms with Crippen LogP contribution in [0.2, 0.25) is 5.02 Å². The molecule has 1 saturated heterocycles.